The van der Waals surface area contributed by atoms with Gasteiger partial charge in [0, 0.05) is 48.5 Å². The maximum atomic E-state index is 4.46. The second-order valence-electron chi connectivity index (χ2n) is 5.36. The van der Waals surface area contributed by atoms with Crippen LogP contribution in [0.15, 0.2) is 41.1 Å². The second-order valence-corrected chi connectivity index (χ2v) is 6.28. The molecule has 1 aromatic carbocycles. The van der Waals surface area contributed by atoms with Crippen LogP contribution in [0.2, 0.25) is 0 Å². The molecule has 1 N–H and O–H groups in total. The average Bonchev–Trinajstić information content (AvgIpc) is 2.88. The van der Waals surface area contributed by atoms with Crippen LogP contribution < -0.4 is 5.32 Å². The average molecular weight is 335 g/mol. The molecule has 1 atom stereocenters. The predicted molar refractivity (Wildman–Crippen MR) is 84.0 cm³/mol. The lowest BCUT2D eigenvalue weighted by Gasteiger charge is -2.31. The van der Waals surface area contributed by atoms with E-state index >= 15 is 0 Å². The van der Waals surface area contributed by atoms with Crippen molar-refractivity contribution in [3.63, 3.8) is 0 Å². The number of hydrogen-bond donors (Lipinski definition) is 1. The third-order valence-corrected chi connectivity index (χ3v) is 4.11. The van der Waals surface area contributed by atoms with E-state index in [0.29, 0.717) is 6.04 Å². The van der Waals surface area contributed by atoms with Gasteiger partial charge in [0.15, 0.2) is 0 Å². The van der Waals surface area contributed by atoms with Crippen molar-refractivity contribution in [1.29, 1.82) is 0 Å². The highest BCUT2D eigenvalue weighted by molar-refractivity contribution is 9.10. The number of aromatic nitrogens is 2. The molecule has 0 spiro atoms. The van der Waals surface area contributed by atoms with E-state index in [1.54, 1.807) is 0 Å². The van der Waals surface area contributed by atoms with Crippen LogP contribution in [0.3, 0.4) is 0 Å². The molecule has 0 radical (unpaired) electrons. The quantitative estimate of drug-likeness (QED) is 0.935. The summed E-state index contributed by atoms with van der Waals surface area (Å²) in [5.41, 5.74) is 2.36. The number of benzene rings is 1. The Bertz CT molecular complexity index is 564. The topological polar surface area (TPSA) is 33.1 Å². The Labute approximate surface area is 127 Å². The minimum absolute atomic E-state index is 0.574. The summed E-state index contributed by atoms with van der Waals surface area (Å²) in [5.74, 6) is 0. The zero-order valence-electron chi connectivity index (χ0n) is 11.6. The van der Waals surface area contributed by atoms with Gasteiger partial charge in [0.25, 0.3) is 0 Å². The SMILES string of the molecule is CC1CN(Cc2cnn(-c3ccc(Br)cc3)c2)CCN1. The fourth-order valence-electron chi connectivity index (χ4n) is 2.59. The Hall–Kier alpha value is -1.17. The van der Waals surface area contributed by atoms with Gasteiger partial charge in [0.1, 0.15) is 0 Å². The van der Waals surface area contributed by atoms with Crippen molar-refractivity contribution in [1.82, 2.24) is 20.0 Å². The van der Waals surface area contributed by atoms with Crippen molar-refractivity contribution < 1.29 is 0 Å². The fourth-order valence-corrected chi connectivity index (χ4v) is 2.86. The second kappa shape index (κ2) is 6.08. The molecular formula is C15H19BrN4. The van der Waals surface area contributed by atoms with E-state index < -0.39 is 0 Å². The third-order valence-electron chi connectivity index (χ3n) is 3.59. The van der Waals surface area contributed by atoms with Gasteiger partial charge in [-0.25, -0.2) is 4.68 Å². The van der Waals surface area contributed by atoms with Crippen molar-refractivity contribution in [3.05, 3.63) is 46.7 Å². The van der Waals surface area contributed by atoms with Crippen molar-refractivity contribution in [3.8, 4) is 5.69 Å². The molecule has 1 aliphatic rings. The van der Waals surface area contributed by atoms with Crippen molar-refractivity contribution in [2.45, 2.75) is 19.5 Å². The number of piperazine rings is 1. The lowest BCUT2D eigenvalue weighted by Crippen LogP contribution is -2.48. The summed E-state index contributed by atoms with van der Waals surface area (Å²) >= 11 is 3.45. The summed E-state index contributed by atoms with van der Waals surface area (Å²) in [6, 6.07) is 8.77. The number of nitrogens with one attached hydrogen (secondary N) is 1. The van der Waals surface area contributed by atoms with E-state index in [1.165, 1.54) is 5.56 Å². The van der Waals surface area contributed by atoms with Gasteiger partial charge < -0.3 is 5.32 Å². The highest BCUT2D eigenvalue weighted by Gasteiger charge is 2.16. The lowest BCUT2D eigenvalue weighted by molar-refractivity contribution is 0.199. The van der Waals surface area contributed by atoms with Gasteiger partial charge in [-0.3, -0.25) is 4.90 Å². The first-order valence-corrected chi connectivity index (χ1v) is 7.75. The molecule has 2 aromatic rings. The van der Waals surface area contributed by atoms with Gasteiger partial charge in [-0.15, -0.1) is 0 Å². The zero-order chi connectivity index (χ0) is 13.9. The van der Waals surface area contributed by atoms with Gasteiger partial charge in [0.2, 0.25) is 0 Å². The Morgan fingerprint density at radius 3 is 2.90 bits per heavy atom. The summed E-state index contributed by atoms with van der Waals surface area (Å²) < 4.78 is 3.02. The molecule has 3 rings (SSSR count). The van der Waals surface area contributed by atoms with Crippen molar-refractivity contribution in [2.24, 2.45) is 0 Å². The van der Waals surface area contributed by atoms with E-state index in [0.717, 1.165) is 36.3 Å². The van der Waals surface area contributed by atoms with Crippen LogP contribution in [0.1, 0.15) is 12.5 Å². The first-order valence-electron chi connectivity index (χ1n) is 6.96. The van der Waals surface area contributed by atoms with Gasteiger partial charge in [-0.1, -0.05) is 15.9 Å². The van der Waals surface area contributed by atoms with Crippen LogP contribution in [0.25, 0.3) is 5.69 Å². The van der Waals surface area contributed by atoms with Gasteiger partial charge >= 0.3 is 0 Å². The minimum Gasteiger partial charge on any atom is -0.312 e. The highest BCUT2D eigenvalue weighted by atomic mass is 79.9. The number of rotatable bonds is 3. The van der Waals surface area contributed by atoms with Crippen LogP contribution in [0.5, 0.6) is 0 Å². The first kappa shape index (κ1) is 13.8. The predicted octanol–water partition coefficient (Wildman–Crippen LogP) is 2.43. The molecule has 5 heteroatoms. The molecule has 0 amide bonds. The highest BCUT2D eigenvalue weighted by Crippen LogP contribution is 2.15. The molecule has 1 aromatic heterocycles. The van der Waals surface area contributed by atoms with E-state index in [4.69, 9.17) is 0 Å². The van der Waals surface area contributed by atoms with Crippen LogP contribution in [-0.2, 0) is 6.54 Å². The zero-order valence-corrected chi connectivity index (χ0v) is 13.2. The monoisotopic (exact) mass is 334 g/mol. The summed E-state index contributed by atoms with van der Waals surface area (Å²) in [5, 5.41) is 7.93. The smallest absolute Gasteiger partial charge is 0.0646 e. The summed E-state index contributed by atoms with van der Waals surface area (Å²) in [4.78, 5) is 2.48. The Morgan fingerprint density at radius 2 is 2.15 bits per heavy atom. The lowest BCUT2D eigenvalue weighted by atomic mass is 10.2. The van der Waals surface area contributed by atoms with Gasteiger partial charge in [-0.05, 0) is 31.2 Å². The van der Waals surface area contributed by atoms with Gasteiger partial charge in [0.05, 0.1) is 11.9 Å². The van der Waals surface area contributed by atoms with Crippen LogP contribution in [0, 0.1) is 0 Å². The maximum Gasteiger partial charge on any atom is 0.0646 e. The first-order chi connectivity index (χ1) is 9.70. The largest absolute Gasteiger partial charge is 0.312 e. The molecule has 1 aliphatic heterocycles. The Morgan fingerprint density at radius 1 is 1.35 bits per heavy atom. The Balaban J connectivity index is 1.69. The molecular weight excluding hydrogens is 316 g/mol. The number of halogens is 1. The molecule has 1 unspecified atom stereocenters. The van der Waals surface area contributed by atoms with E-state index in [-0.39, 0.29) is 0 Å². The molecule has 1 fully saturated rings. The molecule has 0 saturated carbocycles. The molecule has 4 nitrogen and oxygen atoms in total. The molecule has 20 heavy (non-hydrogen) atoms. The maximum absolute atomic E-state index is 4.46. The third kappa shape index (κ3) is 3.29. The van der Waals surface area contributed by atoms with Crippen molar-refractivity contribution >= 4 is 15.9 Å². The normalized spacial score (nSPS) is 20.2. The van der Waals surface area contributed by atoms with Crippen LogP contribution in [0.4, 0.5) is 0 Å². The number of nitrogens with zero attached hydrogens (tertiary/aromatic N) is 3. The Kier molecular flexibility index (Phi) is 4.19. The summed E-state index contributed by atoms with van der Waals surface area (Å²) in [7, 11) is 0. The summed E-state index contributed by atoms with van der Waals surface area (Å²) in [6.45, 7) is 6.49. The summed E-state index contributed by atoms with van der Waals surface area (Å²) in [6.07, 6.45) is 4.09. The van der Waals surface area contributed by atoms with E-state index in [2.05, 4.69) is 56.5 Å². The standard InChI is InChI=1S/C15H19BrN4/c1-12-9-19(7-6-17-12)10-13-8-18-20(11-13)15-4-2-14(16)3-5-15/h2-5,8,11-12,17H,6-7,9-10H2,1H3. The minimum atomic E-state index is 0.574. The fraction of sp³-hybridized carbons (Fsp3) is 0.400. The van der Waals surface area contributed by atoms with Crippen LogP contribution in [-0.4, -0.2) is 40.4 Å². The molecule has 0 aliphatic carbocycles. The van der Waals surface area contributed by atoms with E-state index in [9.17, 15) is 0 Å². The number of hydrogen-bond acceptors (Lipinski definition) is 3. The van der Waals surface area contributed by atoms with E-state index in [1.807, 2.05) is 23.0 Å². The van der Waals surface area contributed by atoms with Gasteiger partial charge in [-0.2, -0.15) is 5.10 Å². The molecule has 1 saturated heterocycles. The van der Waals surface area contributed by atoms with Crippen LogP contribution >= 0.6 is 15.9 Å². The van der Waals surface area contributed by atoms with Crippen molar-refractivity contribution in [2.75, 3.05) is 19.6 Å². The molecule has 106 valence electrons. The molecule has 0 bridgehead atoms. The molecule has 2 heterocycles.